The number of halogens is 8. The highest BCUT2D eigenvalue weighted by molar-refractivity contribution is 5.76. The van der Waals surface area contributed by atoms with Crippen LogP contribution < -0.4 is 10.6 Å². The van der Waals surface area contributed by atoms with Crippen LogP contribution in [-0.4, -0.2) is 12.1 Å². The van der Waals surface area contributed by atoms with Gasteiger partial charge in [0.2, 0.25) is 0 Å². The SMILES string of the molecule is O=C(NC1CCCC1)NC(CC1C=CC=CC1)(c1cc(F)cc(C(F)(F)F)c1)c1ccc(F)c(C(F)(F)F)c1. The Morgan fingerprint density at radius 2 is 1.54 bits per heavy atom. The molecule has 0 aliphatic heterocycles. The molecular formula is C28H26F8N2O. The Bertz CT molecular complexity index is 1260. The van der Waals surface area contributed by atoms with Crippen molar-refractivity contribution in [1.29, 1.82) is 0 Å². The Labute approximate surface area is 220 Å². The Morgan fingerprint density at radius 1 is 0.846 bits per heavy atom. The summed E-state index contributed by atoms with van der Waals surface area (Å²) < 4.78 is 111. The second-order valence-electron chi connectivity index (χ2n) is 9.92. The summed E-state index contributed by atoms with van der Waals surface area (Å²) in [4.78, 5) is 13.3. The second-order valence-corrected chi connectivity index (χ2v) is 9.92. The van der Waals surface area contributed by atoms with Gasteiger partial charge in [-0.2, -0.15) is 26.3 Å². The maximum Gasteiger partial charge on any atom is 0.419 e. The molecule has 2 aromatic rings. The molecule has 0 spiro atoms. The molecule has 2 unspecified atom stereocenters. The summed E-state index contributed by atoms with van der Waals surface area (Å²) in [7, 11) is 0. The third-order valence-corrected chi connectivity index (χ3v) is 7.14. The van der Waals surface area contributed by atoms with Gasteiger partial charge in [0.05, 0.1) is 16.7 Å². The molecule has 0 saturated heterocycles. The van der Waals surface area contributed by atoms with Gasteiger partial charge in [-0.25, -0.2) is 13.6 Å². The van der Waals surface area contributed by atoms with Crippen molar-refractivity contribution in [2.45, 2.75) is 62.5 Å². The first-order valence-corrected chi connectivity index (χ1v) is 12.5. The van der Waals surface area contributed by atoms with Crippen LogP contribution in [0.2, 0.25) is 0 Å². The second kappa shape index (κ2) is 11.0. The van der Waals surface area contributed by atoms with E-state index < -0.39 is 58.2 Å². The number of rotatable bonds is 6. The highest BCUT2D eigenvalue weighted by Gasteiger charge is 2.43. The molecule has 2 aliphatic rings. The summed E-state index contributed by atoms with van der Waals surface area (Å²) >= 11 is 0. The monoisotopic (exact) mass is 558 g/mol. The van der Waals surface area contributed by atoms with E-state index >= 15 is 0 Å². The van der Waals surface area contributed by atoms with E-state index in [9.17, 15) is 39.9 Å². The average Bonchev–Trinajstić information content (AvgIpc) is 3.35. The molecule has 0 aromatic heterocycles. The van der Waals surface area contributed by atoms with Crippen LogP contribution in [0, 0.1) is 17.6 Å². The third kappa shape index (κ3) is 6.62. The van der Waals surface area contributed by atoms with E-state index in [1.165, 1.54) is 0 Å². The van der Waals surface area contributed by atoms with Crippen LogP contribution in [0.15, 0.2) is 60.7 Å². The van der Waals surface area contributed by atoms with E-state index in [0.29, 0.717) is 37.5 Å². The first kappa shape index (κ1) is 28.6. The predicted octanol–water partition coefficient (Wildman–Crippen LogP) is 8.01. The van der Waals surface area contributed by atoms with Crippen molar-refractivity contribution < 1.29 is 39.9 Å². The Balaban J connectivity index is 1.94. The maximum atomic E-state index is 14.7. The highest BCUT2D eigenvalue weighted by atomic mass is 19.4. The van der Waals surface area contributed by atoms with E-state index in [1.54, 1.807) is 24.3 Å². The molecule has 4 rings (SSSR count). The van der Waals surface area contributed by atoms with Crippen LogP contribution in [-0.2, 0) is 17.9 Å². The number of carbonyl (C=O) groups is 1. The fourth-order valence-corrected chi connectivity index (χ4v) is 5.27. The zero-order valence-electron chi connectivity index (χ0n) is 20.6. The third-order valence-electron chi connectivity index (χ3n) is 7.14. The van der Waals surface area contributed by atoms with Gasteiger partial charge in [-0.15, -0.1) is 0 Å². The molecule has 2 aliphatic carbocycles. The van der Waals surface area contributed by atoms with Crippen LogP contribution in [0.25, 0.3) is 0 Å². The van der Waals surface area contributed by atoms with Crippen molar-refractivity contribution in [1.82, 2.24) is 10.6 Å². The average molecular weight is 559 g/mol. The number of amides is 2. The van der Waals surface area contributed by atoms with Gasteiger partial charge in [-0.1, -0.05) is 43.2 Å². The van der Waals surface area contributed by atoms with Crippen LogP contribution in [0.4, 0.5) is 39.9 Å². The lowest BCUT2D eigenvalue weighted by molar-refractivity contribution is -0.140. The van der Waals surface area contributed by atoms with Crippen molar-refractivity contribution in [3.63, 3.8) is 0 Å². The first-order chi connectivity index (χ1) is 18.3. The fourth-order valence-electron chi connectivity index (χ4n) is 5.27. The van der Waals surface area contributed by atoms with Gasteiger partial charge in [0.15, 0.2) is 0 Å². The molecule has 1 fully saturated rings. The lowest BCUT2D eigenvalue weighted by atomic mass is 9.74. The van der Waals surface area contributed by atoms with Crippen molar-refractivity contribution >= 4 is 6.03 Å². The molecule has 2 amide bonds. The van der Waals surface area contributed by atoms with Gasteiger partial charge in [-0.3, -0.25) is 0 Å². The van der Waals surface area contributed by atoms with Gasteiger partial charge < -0.3 is 10.6 Å². The summed E-state index contributed by atoms with van der Waals surface area (Å²) in [6.45, 7) is 0. The minimum Gasteiger partial charge on any atom is -0.335 e. The van der Waals surface area contributed by atoms with Crippen LogP contribution in [0.5, 0.6) is 0 Å². The van der Waals surface area contributed by atoms with Crippen LogP contribution in [0.1, 0.15) is 60.8 Å². The number of carbonyl (C=O) groups excluding carboxylic acids is 1. The number of urea groups is 1. The van der Waals surface area contributed by atoms with Crippen LogP contribution >= 0.6 is 0 Å². The fraction of sp³-hybridized carbons (Fsp3) is 0.393. The molecule has 2 atom stereocenters. The van der Waals surface area contributed by atoms with Gasteiger partial charge in [0.25, 0.3) is 0 Å². The normalized spacial score (nSPS) is 19.6. The molecule has 0 heterocycles. The Hall–Kier alpha value is -3.37. The summed E-state index contributed by atoms with van der Waals surface area (Å²) in [5.74, 6) is -3.34. The quantitative estimate of drug-likeness (QED) is 0.347. The van der Waals surface area contributed by atoms with E-state index in [1.807, 2.05) is 0 Å². The molecular weight excluding hydrogens is 532 g/mol. The summed E-state index contributed by atoms with van der Waals surface area (Å²) in [6, 6.07) is 2.53. The first-order valence-electron chi connectivity index (χ1n) is 12.5. The largest absolute Gasteiger partial charge is 0.419 e. The number of alkyl halides is 6. The molecule has 0 bridgehead atoms. The van der Waals surface area contributed by atoms with Crippen molar-refractivity contribution in [3.05, 3.63) is 94.6 Å². The summed E-state index contributed by atoms with van der Waals surface area (Å²) in [5, 5.41) is 5.34. The number of benzene rings is 2. The number of hydrogen-bond acceptors (Lipinski definition) is 1. The Kier molecular flexibility index (Phi) is 8.09. The minimum atomic E-state index is -5.13. The zero-order valence-corrected chi connectivity index (χ0v) is 20.6. The number of hydrogen-bond donors (Lipinski definition) is 2. The van der Waals surface area contributed by atoms with Gasteiger partial charge in [-0.05, 0) is 73.1 Å². The predicted molar refractivity (Wildman–Crippen MR) is 129 cm³/mol. The smallest absolute Gasteiger partial charge is 0.335 e. The van der Waals surface area contributed by atoms with E-state index in [2.05, 4.69) is 10.6 Å². The van der Waals surface area contributed by atoms with Crippen LogP contribution in [0.3, 0.4) is 0 Å². The van der Waals surface area contributed by atoms with E-state index in [0.717, 1.165) is 25.0 Å². The molecule has 2 N–H and O–H groups in total. The van der Waals surface area contributed by atoms with Crippen molar-refractivity contribution in [2.75, 3.05) is 0 Å². The highest BCUT2D eigenvalue weighted by Crippen LogP contribution is 2.43. The van der Waals surface area contributed by atoms with Crippen molar-refractivity contribution in [3.8, 4) is 0 Å². The molecule has 0 radical (unpaired) electrons. The van der Waals surface area contributed by atoms with Crippen molar-refractivity contribution in [2.24, 2.45) is 5.92 Å². The number of allylic oxidation sites excluding steroid dienone is 4. The van der Waals surface area contributed by atoms with Gasteiger partial charge in [0, 0.05) is 6.04 Å². The minimum absolute atomic E-state index is 0.227. The standard InChI is InChI=1S/C28H26F8N2O/c29-21-13-19(12-20(14-21)27(31,32)33)26(16-17-6-2-1-3-7-17,38-25(39)37-22-8-4-5-9-22)18-10-11-24(30)23(15-18)28(34,35)36/h1-3,6,10-15,17,22H,4-5,7-9,16H2,(H2,37,38,39). The van der Waals surface area contributed by atoms with Gasteiger partial charge in [0.1, 0.15) is 11.6 Å². The molecule has 3 nitrogen and oxygen atoms in total. The van der Waals surface area contributed by atoms with Gasteiger partial charge >= 0.3 is 18.4 Å². The lowest BCUT2D eigenvalue weighted by Gasteiger charge is -2.39. The van der Waals surface area contributed by atoms with E-state index in [4.69, 9.17) is 0 Å². The molecule has 39 heavy (non-hydrogen) atoms. The molecule has 1 saturated carbocycles. The zero-order chi connectivity index (χ0) is 28.4. The topological polar surface area (TPSA) is 41.1 Å². The molecule has 11 heteroatoms. The maximum absolute atomic E-state index is 14.7. The Morgan fingerprint density at radius 3 is 2.15 bits per heavy atom. The molecule has 210 valence electrons. The lowest BCUT2D eigenvalue weighted by Crippen LogP contribution is -2.53. The number of nitrogens with one attached hydrogen (secondary N) is 2. The molecule has 2 aromatic carbocycles. The summed E-state index contributed by atoms with van der Waals surface area (Å²) in [6.07, 6.45) is -0.135. The summed E-state index contributed by atoms with van der Waals surface area (Å²) in [5.41, 5.74) is -5.87. The van der Waals surface area contributed by atoms with E-state index in [-0.39, 0.29) is 24.1 Å².